The number of morpholine rings is 1. The van der Waals surface area contributed by atoms with Gasteiger partial charge in [-0.1, -0.05) is 0 Å². The second kappa shape index (κ2) is 5.66. The van der Waals surface area contributed by atoms with E-state index in [-0.39, 0.29) is 11.7 Å². The van der Waals surface area contributed by atoms with Crippen LogP contribution in [-0.4, -0.2) is 51.7 Å². The maximum absolute atomic E-state index is 5.83. The summed E-state index contributed by atoms with van der Waals surface area (Å²) >= 11 is 0. The van der Waals surface area contributed by atoms with E-state index in [1.54, 1.807) is 7.11 Å². The van der Waals surface area contributed by atoms with E-state index in [0.717, 1.165) is 13.1 Å². The van der Waals surface area contributed by atoms with Crippen LogP contribution in [0, 0.1) is 0 Å². The summed E-state index contributed by atoms with van der Waals surface area (Å²) in [5, 5.41) is 3.33. The van der Waals surface area contributed by atoms with Gasteiger partial charge in [0.1, 0.15) is 0 Å². The zero-order chi connectivity index (χ0) is 10.4. The van der Waals surface area contributed by atoms with Gasteiger partial charge in [-0.25, -0.2) is 0 Å². The molecule has 4 heteroatoms. The highest BCUT2D eigenvalue weighted by Crippen LogP contribution is 2.15. The number of hydrogen-bond donors (Lipinski definition) is 1. The van der Waals surface area contributed by atoms with E-state index in [1.165, 1.54) is 0 Å². The fourth-order valence-electron chi connectivity index (χ4n) is 1.52. The molecule has 0 saturated carbocycles. The molecule has 1 atom stereocenters. The molecule has 1 fully saturated rings. The molecule has 0 bridgehead atoms. The van der Waals surface area contributed by atoms with Gasteiger partial charge in [0.25, 0.3) is 0 Å². The highest BCUT2D eigenvalue weighted by molar-refractivity contribution is 4.81. The van der Waals surface area contributed by atoms with Crippen LogP contribution in [0.4, 0.5) is 0 Å². The minimum Gasteiger partial charge on any atom is -0.382 e. The molecule has 1 rings (SSSR count). The van der Waals surface area contributed by atoms with Crippen LogP contribution in [-0.2, 0) is 14.2 Å². The zero-order valence-electron chi connectivity index (χ0n) is 9.34. The van der Waals surface area contributed by atoms with Crippen LogP contribution in [0.3, 0.4) is 0 Å². The summed E-state index contributed by atoms with van der Waals surface area (Å²) < 4.78 is 16.1. The van der Waals surface area contributed by atoms with E-state index in [2.05, 4.69) is 19.2 Å². The van der Waals surface area contributed by atoms with Crippen molar-refractivity contribution in [1.29, 1.82) is 0 Å². The summed E-state index contributed by atoms with van der Waals surface area (Å²) in [6, 6.07) is 0. The zero-order valence-corrected chi connectivity index (χ0v) is 9.34. The fourth-order valence-corrected chi connectivity index (χ4v) is 1.52. The molecule has 0 radical (unpaired) electrons. The van der Waals surface area contributed by atoms with Crippen LogP contribution in [0.25, 0.3) is 0 Å². The van der Waals surface area contributed by atoms with Crippen LogP contribution in [0.2, 0.25) is 0 Å². The monoisotopic (exact) mass is 203 g/mol. The average Bonchev–Trinajstić information content (AvgIpc) is 2.11. The van der Waals surface area contributed by atoms with Crippen molar-refractivity contribution in [2.75, 3.05) is 40.0 Å². The van der Waals surface area contributed by atoms with Crippen LogP contribution >= 0.6 is 0 Å². The third-order valence-corrected chi connectivity index (χ3v) is 2.14. The van der Waals surface area contributed by atoms with E-state index >= 15 is 0 Å². The van der Waals surface area contributed by atoms with Crippen LogP contribution in [0.15, 0.2) is 0 Å². The summed E-state index contributed by atoms with van der Waals surface area (Å²) in [7, 11) is 1.67. The van der Waals surface area contributed by atoms with E-state index < -0.39 is 0 Å². The predicted octanol–water partition coefficient (Wildman–Crippen LogP) is 0.416. The summed E-state index contributed by atoms with van der Waals surface area (Å²) in [5.74, 6) is 0. The van der Waals surface area contributed by atoms with Gasteiger partial charge in [0, 0.05) is 20.2 Å². The number of ether oxygens (including phenoxy) is 3. The van der Waals surface area contributed by atoms with Crippen molar-refractivity contribution in [3.8, 4) is 0 Å². The van der Waals surface area contributed by atoms with Gasteiger partial charge in [-0.3, -0.25) is 0 Å². The molecular weight excluding hydrogens is 182 g/mol. The second-order valence-electron chi connectivity index (χ2n) is 4.20. The van der Waals surface area contributed by atoms with Crippen molar-refractivity contribution in [1.82, 2.24) is 5.32 Å². The first kappa shape index (κ1) is 11.9. The normalized spacial score (nSPS) is 26.4. The standard InChI is InChI=1S/C10H21NO3/c1-10(2)8-11-6-9(14-10)7-13-5-4-12-3/h9,11H,4-8H2,1-3H3. The lowest BCUT2D eigenvalue weighted by Crippen LogP contribution is -2.51. The van der Waals surface area contributed by atoms with Crippen molar-refractivity contribution in [2.24, 2.45) is 0 Å². The molecule has 84 valence electrons. The number of rotatable bonds is 5. The third kappa shape index (κ3) is 4.37. The van der Waals surface area contributed by atoms with E-state index in [9.17, 15) is 0 Å². The van der Waals surface area contributed by atoms with Crippen molar-refractivity contribution in [2.45, 2.75) is 25.6 Å². The molecule has 1 aliphatic heterocycles. The largest absolute Gasteiger partial charge is 0.382 e. The van der Waals surface area contributed by atoms with Gasteiger partial charge in [0.15, 0.2) is 0 Å². The van der Waals surface area contributed by atoms with E-state index in [0.29, 0.717) is 19.8 Å². The lowest BCUT2D eigenvalue weighted by Gasteiger charge is -2.36. The molecule has 1 heterocycles. The Morgan fingerprint density at radius 3 is 2.86 bits per heavy atom. The van der Waals surface area contributed by atoms with Crippen LogP contribution in [0.5, 0.6) is 0 Å². The maximum Gasteiger partial charge on any atom is 0.0940 e. The first-order valence-electron chi connectivity index (χ1n) is 5.09. The smallest absolute Gasteiger partial charge is 0.0940 e. The van der Waals surface area contributed by atoms with Gasteiger partial charge in [0.2, 0.25) is 0 Å². The molecule has 0 aromatic rings. The first-order chi connectivity index (χ1) is 6.64. The second-order valence-corrected chi connectivity index (χ2v) is 4.20. The molecule has 0 aromatic carbocycles. The molecular formula is C10H21NO3. The van der Waals surface area contributed by atoms with Crippen molar-refractivity contribution in [3.05, 3.63) is 0 Å². The predicted molar refractivity (Wildman–Crippen MR) is 54.5 cm³/mol. The van der Waals surface area contributed by atoms with Gasteiger partial charge in [-0.15, -0.1) is 0 Å². The topological polar surface area (TPSA) is 39.7 Å². The Bertz CT molecular complexity index is 161. The minimum atomic E-state index is -0.0759. The Kier molecular flexibility index (Phi) is 4.81. The van der Waals surface area contributed by atoms with Gasteiger partial charge < -0.3 is 19.5 Å². The summed E-state index contributed by atoms with van der Waals surface area (Å²) in [4.78, 5) is 0. The molecule has 1 aliphatic rings. The molecule has 1 saturated heterocycles. The van der Waals surface area contributed by atoms with E-state index in [4.69, 9.17) is 14.2 Å². The molecule has 1 unspecified atom stereocenters. The summed E-state index contributed by atoms with van der Waals surface area (Å²) in [6.45, 7) is 7.86. The quantitative estimate of drug-likeness (QED) is 0.657. The Labute approximate surface area is 85.9 Å². The fraction of sp³-hybridized carbons (Fsp3) is 1.00. The van der Waals surface area contributed by atoms with Gasteiger partial charge in [-0.2, -0.15) is 0 Å². The molecule has 4 nitrogen and oxygen atoms in total. The maximum atomic E-state index is 5.83. The van der Waals surface area contributed by atoms with Crippen molar-refractivity contribution >= 4 is 0 Å². The Balaban J connectivity index is 2.12. The highest BCUT2D eigenvalue weighted by Gasteiger charge is 2.28. The molecule has 14 heavy (non-hydrogen) atoms. The van der Waals surface area contributed by atoms with Crippen LogP contribution in [0.1, 0.15) is 13.8 Å². The van der Waals surface area contributed by atoms with Crippen molar-refractivity contribution in [3.63, 3.8) is 0 Å². The number of methoxy groups -OCH3 is 1. The average molecular weight is 203 g/mol. The highest BCUT2D eigenvalue weighted by atomic mass is 16.6. The molecule has 1 N–H and O–H groups in total. The first-order valence-corrected chi connectivity index (χ1v) is 5.09. The Hall–Kier alpha value is -0.160. The molecule has 0 amide bonds. The summed E-state index contributed by atoms with van der Waals surface area (Å²) in [6.07, 6.45) is 0.163. The lowest BCUT2D eigenvalue weighted by atomic mass is 10.1. The molecule has 0 aromatic heterocycles. The number of nitrogens with one attached hydrogen (secondary N) is 1. The van der Waals surface area contributed by atoms with E-state index in [1.807, 2.05) is 0 Å². The molecule has 0 aliphatic carbocycles. The third-order valence-electron chi connectivity index (χ3n) is 2.14. The van der Waals surface area contributed by atoms with Gasteiger partial charge >= 0.3 is 0 Å². The van der Waals surface area contributed by atoms with Gasteiger partial charge in [0.05, 0.1) is 31.5 Å². The molecule has 0 spiro atoms. The minimum absolute atomic E-state index is 0.0759. The van der Waals surface area contributed by atoms with Gasteiger partial charge in [-0.05, 0) is 13.8 Å². The van der Waals surface area contributed by atoms with Crippen molar-refractivity contribution < 1.29 is 14.2 Å². The summed E-state index contributed by atoms with van der Waals surface area (Å²) in [5.41, 5.74) is -0.0759. The number of hydrogen-bond acceptors (Lipinski definition) is 4. The lowest BCUT2D eigenvalue weighted by molar-refractivity contribution is -0.122. The Morgan fingerprint density at radius 2 is 2.21 bits per heavy atom. The SMILES string of the molecule is COCCOCC1CNCC(C)(C)O1. The van der Waals surface area contributed by atoms with Crippen LogP contribution < -0.4 is 5.32 Å². The Morgan fingerprint density at radius 1 is 1.43 bits per heavy atom.